The van der Waals surface area contributed by atoms with Crippen molar-refractivity contribution >= 4 is 29.5 Å². The second-order valence-corrected chi connectivity index (χ2v) is 6.45. The van der Waals surface area contributed by atoms with Crippen molar-refractivity contribution in [2.24, 2.45) is 11.8 Å². The van der Waals surface area contributed by atoms with Gasteiger partial charge in [-0.1, -0.05) is 12.2 Å². The Morgan fingerprint density at radius 2 is 2.07 bits per heavy atom. The Bertz CT molecular complexity index is 247. The van der Waals surface area contributed by atoms with Gasteiger partial charge in [-0.05, 0) is 24.3 Å². The van der Waals surface area contributed by atoms with Gasteiger partial charge in [0.2, 0.25) is 0 Å². The van der Waals surface area contributed by atoms with E-state index in [1.165, 1.54) is 17.9 Å². The fraction of sp³-hybridized carbons (Fsp3) is 0.700. The summed E-state index contributed by atoms with van der Waals surface area (Å²) in [6.45, 7) is 0. The average molecular weight is 230 g/mol. The van der Waals surface area contributed by atoms with Crippen LogP contribution in [0.3, 0.4) is 0 Å². The Labute approximate surface area is 92.5 Å². The van der Waals surface area contributed by atoms with Gasteiger partial charge in [0, 0.05) is 5.92 Å². The molecule has 2 rings (SSSR count). The van der Waals surface area contributed by atoms with Gasteiger partial charge in [-0.25, -0.2) is 0 Å². The monoisotopic (exact) mass is 230 g/mol. The van der Waals surface area contributed by atoms with Gasteiger partial charge in [-0.15, -0.1) is 23.5 Å². The molecule has 0 spiro atoms. The maximum Gasteiger partial charge on any atom is 0.307 e. The van der Waals surface area contributed by atoms with Crippen LogP contribution in [0.5, 0.6) is 0 Å². The fourth-order valence-corrected chi connectivity index (χ4v) is 5.18. The Balaban J connectivity index is 2.00. The van der Waals surface area contributed by atoms with Gasteiger partial charge < -0.3 is 5.11 Å². The molecule has 0 unspecified atom stereocenters. The summed E-state index contributed by atoms with van der Waals surface area (Å²) in [6, 6.07) is 0. The lowest BCUT2D eigenvalue weighted by molar-refractivity contribution is -0.142. The van der Waals surface area contributed by atoms with E-state index in [4.69, 9.17) is 5.11 Å². The van der Waals surface area contributed by atoms with Gasteiger partial charge in [-0.2, -0.15) is 0 Å². The maximum absolute atomic E-state index is 11.0. The first-order valence-electron chi connectivity index (χ1n) is 4.91. The van der Waals surface area contributed by atoms with Gasteiger partial charge in [0.05, 0.1) is 10.5 Å². The molecular weight excluding hydrogens is 216 g/mol. The van der Waals surface area contributed by atoms with E-state index < -0.39 is 5.97 Å². The third-order valence-corrected chi connectivity index (χ3v) is 5.85. The second-order valence-electron chi connectivity index (χ2n) is 3.65. The highest BCUT2D eigenvalue weighted by Crippen LogP contribution is 2.42. The Morgan fingerprint density at radius 3 is 2.71 bits per heavy atom. The smallest absolute Gasteiger partial charge is 0.307 e. The van der Waals surface area contributed by atoms with Crippen molar-refractivity contribution in [3.63, 3.8) is 0 Å². The minimum Gasteiger partial charge on any atom is -0.481 e. The van der Waals surface area contributed by atoms with Crippen LogP contribution in [0.25, 0.3) is 0 Å². The van der Waals surface area contributed by atoms with Gasteiger partial charge in [0.15, 0.2) is 0 Å². The lowest BCUT2D eigenvalue weighted by Crippen LogP contribution is -2.27. The first kappa shape index (κ1) is 10.4. The van der Waals surface area contributed by atoms with Gasteiger partial charge in [-0.3, -0.25) is 4.79 Å². The Kier molecular flexibility index (Phi) is 3.44. The molecule has 0 radical (unpaired) electrons. The highest BCUT2D eigenvalue weighted by atomic mass is 32.2. The van der Waals surface area contributed by atoms with E-state index in [9.17, 15) is 4.79 Å². The second kappa shape index (κ2) is 4.62. The van der Waals surface area contributed by atoms with E-state index in [1.54, 1.807) is 0 Å². The predicted molar refractivity (Wildman–Crippen MR) is 61.7 cm³/mol. The highest BCUT2D eigenvalue weighted by molar-refractivity contribution is 8.17. The molecule has 0 aromatic carbocycles. The maximum atomic E-state index is 11.0. The lowest BCUT2D eigenvalue weighted by atomic mass is 9.97. The van der Waals surface area contributed by atoms with Crippen molar-refractivity contribution < 1.29 is 9.90 Å². The van der Waals surface area contributed by atoms with Crippen molar-refractivity contribution in [3.05, 3.63) is 12.2 Å². The number of thioether (sulfide) groups is 2. The average Bonchev–Trinajstić information content (AvgIpc) is 2.67. The molecular formula is C10H14O2S2. The van der Waals surface area contributed by atoms with E-state index in [0.717, 1.165) is 6.42 Å². The molecule has 0 amide bonds. The van der Waals surface area contributed by atoms with E-state index in [1.807, 2.05) is 29.6 Å². The van der Waals surface area contributed by atoms with Crippen molar-refractivity contribution in [1.82, 2.24) is 0 Å². The number of hydrogen-bond donors (Lipinski definition) is 1. The molecule has 1 fully saturated rings. The largest absolute Gasteiger partial charge is 0.481 e. The molecule has 1 heterocycles. The van der Waals surface area contributed by atoms with E-state index in [0.29, 0.717) is 4.58 Å². The molecule has 1 N–H and O–H groups in total. The molecule has 2 aliphatic rings. The van der Waals surface area contributed by atoms with Crippen LogP contribution in [0.4, 0.5) is 0 Å². The fourth-order valence-electron chi connectivity index (χ4n) is 1.95. The zero-order chi connectivity index (χ0) is 9.97. The summed E-state index contributed by atoms with van der Waals surface area (Å²) in [5.74, 6) is 1.83. The molecule has 1 saturated heterocycles. The van der Waals surface area contributed by atoms with E-state index in [2.05, 4.69) is 6.08 Å². The molecule has 1 aliphatic heterocycles. The van der Waals surface area contributed by atoms with Crippen molar-refractivity contribution in [2.75, 3.05) is 11.5 Å². The zero-order valence-corrected chi connectivity index (χ0v) is 9.52. The van der Waals surface area contributed by atoms with Crippen LogP contribution in [0.1, 0.15) is 12.8 Å². The SMILES string of the molecule is O=C(O)[C@@H]1CC=C[C@@H]1C1SCCCS1. The lowest BCUT2D eigenvalue weighted by Gasteiger charge is -2.28. The Morgan fingerprint density at radius 1 is 1.36 bits per heavy atom. The first-order chi connectivity index (χ1) is 6.79. The molecule has 0 aromatic heterocycles. The predicted octanol–water partition coefficient (Wildman–Crippen LogP) is 2.46. The molecule has 0 aromatic rings. The number of carbonyl (C=O) groups is 1. The summed E-state index contributed by atoms with van der Waals surface area (Å²) in [4.78, 5) is 11.0. The van der Waals surface area contributed by atoms with E-state index in [-0.39, 0.29) is 11.8 Å². The molecule has 14 heavy (non-hydrogen) atoms. The van der Waals surface area contributed by atoms with Gasteiger partial charge in [0.25, 0.3) is 0 Å². The quantitative estimate of drug-likeness (QED) is 0.739. The Hall–Kier alpha value is -0.0900. The van der Waals surface area contributed by atoms with Gasteiger partial charge in [0.1, 0.15) is 0 Å². The third kappa shape index (κ3) is 2.11. The number of rotatable bonds is 2. The van der Waals surface area contributed by atoms with Crippen LogP contribution in [-0.4, -0.2) is 27.2 Å². The first-order valence-corrected chi connectivity index (χ1v) is 7.01. The zero-order valence-electron chi connectivity index (χ0n) is 7.89. The highest BCUT2D eigenvalue weighted by Gasteiger charge is 2.36. The molecule has 1 aliphatic carbocycles. The van der Waals surface area contributed by atoms with Crippen LogP contribution < -0.4 is 0 Å². The van der Waals surface area contributed by atoms with E-state index >= 15 is 0 Å². The summed E-state index contributed by atoms with van der Waals surface area (Å²) in [6.07, 6.45) is 6.12. The number of carboxylic acid groups (broad SMARTS) is 1. The summed E-state index contributed by atoms with van der Waals surface area (Å²) in [5.41, 5.74) is 0. The standard InChI is InChI=1S/C10H14O2S2/c11-9(12)7-3-1-4-8(7)10-13-5-2-6-14-10/h1,4,7-8,10H,2-3,5-6H2,(H,11,12)/t7-,8+/m1/s1. The van der Waals surface area contributed by atoms with Gasteiger partial charge >= 0.3 is 5.97 Å². The molecule has 78 valence electrons. The molecule has 4 heteroatoms. The summed E-state index contributed by atoms with van der Waals surface area (Å²) >= 11 is 3.86. The van der Waals surface area contributed by atoms with Crippen LogP contribution in [-0.2, 0) is 4.79 Å². The molecule has 2 atom stereocenters. The normalized spacial score (nSPS) is 33.4. The van der Waals surface area contributed by atoms with Crippen LogP contribution in [0, 0.1) is 11.8 Å². The van der Waals surface area contributed by atoms with Crippen LogP contribution in [0.2, 0.25) is 0 Å². The number of carboxylic acids is 1. The van der Waals surface area contributed by atoms with Crippen LogP contribution in [0.15, 0.2) is 12.2 Å². The minimum atomic E-state index is -0.633. The minimum absolute atomic E-state index is 0.168. The topological polar surface area (TPSA) is 37.3 Å². The molecule has 0 bridgehead atoms. The number of aliphatic carboxylic acids is 1. The number of allylic oxidation sites excluding steroid dienone is 2. The summed E-state index contributed by atoms with van der Waals surface area (Å²) in [5, 5.41) is 9.06. The van der Waals surface area contributed by atoms with Crippen molar-refractivity contribution in [2.45, 2.75) is 17.4 Å². The van der Waals surface area contributed by atoms with Crippen molar-refractivity contribution in [3.8, 4) is 0 Å². The van der Waals surface area contributed by atoms with Crippen LogP contribution >= 0.6 is 23.5 Å². The van der Waals surface area contributed by atoms with Crippen molar-refractivity contribution in [1.29, 1.82) is 0 Å². The molecule has 0 saturated carbocycles. The number of hydrogen-bond acceptors (Lipinski definition) is 3. The summed E-state index contributed by atoms with van der Waals surface area (Å²) < 4.78 is 0.476. The third-order valence-electron chi connectivity index (χ3n) is 2.70. The summed E-state index contributed by atoms with van der Waals surface area (Å²) in [7, 11) is 0. The molecule has 2 nitrogen and oxygen atoms in total.